The molecule has 0 saturated carbocycles. The molecule has 23 heteroatoms. The van der Waals surface area contributed by atoms with Crippen LogP contribution in [0.25, 0.3) is 11.2 Å². The number of nitrogens with two attached hydrogens (primary N) is 1. The third-order valence-corrected chi connectivity index (χ3v) is 11.7. The number of rotatable bonds is 8. The van der Waals surface area contributed by atoms with Gasteiger partial charge in [0.2, 0.25) is 5.28 Å². The highest BCUT2D eigenvalue weighted by Gasteiger charge is 2.61. The molecule has 2 aromatic heterocycles. The number of aliphatic hydroxyl groups is 2. The molecule has 3 heterocycles. The molecule has 7 N–H and O–H groups in total. The molecular weight excluding hydrogens is 588 g/mol. The molecule has 3 rings (SSSR count). The van der Waals surface area contributed by atoms with Gasteiger partial charge in [-0.15, -0.1) is 0 Å². The third kappa shape index (κ3) is 5.34. The molecular formula is C11H17BCl3N5O11P3-. The van der Waals surface area contributed by atoms with Crippen molar-refractivity contribution >= 4 is 82.0 Å². The van der Waals surface area contributed by atoms with E-state index in [1.165, 1.54) is 10.9 Å². The minimum absolute atomic E-state index is 0.0435. The van der Waals surface area contributed by atoms with Gasteiger partial charge in [0.15, 0.2) is 25.2 Å². The van der Waals surface area contributed by atoms with Crippen molar-refractivity contribution in [2.75, 3.05) is 12.3 Å². The van der Waals surface area contributed by atoms with Crippen molar-refractivity contribution in [3.8, 4) is 0 Å². The van der Waals surface area contributed by atoms with Crippen LogP contribution < -0.4 is 5.73 Å². The summed E-state index contributed by atoms with van der Waals surface area (Å²) in [7, 11) is -17.1. The van der Waals surface area contributed by atoms with Crippen LogP contribution in [0.2, 0.25) is 5.28 Å². The van der Waals surface area contributed by atoms with Gasteiger partial charge in [-0.05, 0) is 11.6 Å². The second-order valence-corrected chi connectivity index (χ2v) is 14.3. The van der Waals surface area contributed by atoms with Gasteiger partial charge < -0.3 is 44.5 Å². The van der Waals surface area contributed by atoms with Gasteiger partial charge in [-0.1, -0.05) is 23.2 Å². The van der Waals surface area contributed by atoms with E-state index >= 15 is 0 Å². The van der Waals surface area contributed by atoms with E-state index in [2.05, 4.69) is 19.3 Å². The summed E-state index contributed by atoms with van der Waals surface area (Å²) in [5.41, 5.74) is 5.95. The lowest BCUT2D eigenvalue weighted by Crippen LogP contribution is -2.33. The summed E-state index contributed by atoms with van der Waals surface area (Å²) in [5.74, 6) is -0.0435. The number of aliphatic hydroxyl groups excluding tert-OH is 2. The molecule has 2 unspecified atom stereocenters. The molecule has 6 atom stereocenters. The molecule has 0 spiro atoms. The lowest BCUT2D eigenvalue weighted by molar-refractivity contribution is -0.0478. The first kappa shape index (κ1) is 28.2. The number of nitrogen functional groups attached to an aromatic ring is 1. The second-order valence-electron chi connectivity index (χ2n) is 6.42. The summed E-state index contributed by atoms with van der Waals surface area (Å²) >= 11 is 16.4. The van der Waals surface area contributed by atoms with Crippen LogP contribution in [0.5, 0.6) is 0 Å². The number of anilines is 1. The highest BCUT2D eigenvalue weighted by Crippen LogP contribution is 2.79. The number of hydrogen-bond acceptors (Lipinski definition) is 12. The molecule has 1 fully saturated rings. The van der Waals surface area contributed by atoms with Gasteiger partial charge in [-0.25, -0.2) is 4.98 Å². The molecule has 0 aliphatic carbocycles. The predicted octanol–water partition coefficient (Wildman–Crippen LogP) is -0.360. The Hall–Kier alpha value is -0.345. The van der Waals surface area contributed by atoms with Crippen molar-refractivity contribution in [1.82, 2.24) is 19.5 Å². The van der Waals surface area contributed by atoms with Crippen LogP contribution in [0.1, 0.15) is 6.23 Å². The molecule has 1 saturated heterocycles. The molecule has 1 aliphatic rings. The summed E-state index contributed by atoms with van der Waals surface area (Å²) < 4.78 is 48.8. The molecule has 0 radical (unpaired) electrons. The number of ether oxygens (including phenoxy) is 1. The van der Waals surface area contributed by atoms with E-state index in [0.29, 0.717) is 0 Å². The summed E-state index contributed by atoms with van der Waals surface area (Å²) in [4.78, 5) is 39.7. The van der Waals surface area contributed by atoms with Gasteiger partial charge in [-0.2, -0.15) is 9.97 Å². The standard InChI is InChI=1S/C11H17BCl3N5O11P3/c12-34(28,31-33(26,27)11(14,15)32(23,24)25)29-1-3-5(21)6(22)9(30-3)20-2-17-4-7(16)18-10(13)19-8(4)20/h2-3,5-6,9,21-22H,1H2,12H3,(H,26,27)(H2,16,18,19)(H2,23,24,25)/q-1/t3-,5-,6-,9-,34?/m1/s1. The number of imidazole rings is 1. The Labute approximate surface area is 205 Å². The van der Waals surface area contributed by atoms with Crippen LogP contribution >= 0.6 is 57.5 Å². The maximum absolute atomic E-state index is 12.6. The highest BCUT2D eigenvalue weighted by atomic mass is 35.5. The Morgan fingerprint density at radius 2 is 1.82 bits per heavy atom. The molecule has 0 aromatic carbocycles. The minimum Gasteiger partial charge on any atom is -0.387 e. The molecule has 16 nitrogen and oxygen atoms in total. The molecule has 1 aliphatic heterocycles. The zero-order chi connectivity index (χ0) is 25.9. The van der Waals surface area contributed by atoms with Gasteiger partial charge >= 0.3 is 19.0 Å². The van der Waals surface area contributed by atoms with Crippen LogP contribution in [0.3, 0.4) is 0 Å². The number of fused-ring (bicyclic) bond motifs is 1. The van der Waals surface area contributed by atoms with E-state index in [4.69, 9.17) is 59.6 Å². The average Bonchev–Trinajstić information content (AvgIpc) is 3.20. The van der Waals surface area contributed by atoms with Crippen molar-refractivity contribution in [3.05, 3.63) is 11.6 Å². The summed E-state index contributed by atoms with van der Waals surface area (Å²) in [6.45, 7) is -0.715. The Kier molecular flexibility index (Phi) is 7.90. The van der Waals surface area contributed by atoms with E-state index in [1.807, 2.05) is 0 Å². The Bertz CT molecular complexity index is 1250. The molecule has 2 aromatic rings. The number of alkyl halides is 2. The predicted molar refractivity (Wildman–Crippen MR) is 122 cm³/mol. The van der Waals surface area contributed by atoms with Crippen LogP contribution in [-0.2, 0) is 27.3 Å². The summed E-state index contributed by atoms with van der Waals surface area (Å²) in [6, 6.07) is 0. The monoisotopic (exact) mass is 604 g/mol. The third-order valence-electron chi connectivity index (χ3n) is 4.24. The Morgan fingerprint density at radius 1 is 1.21 bits per heavy atom. The first-order valence-corrected chi connectivity index (χ1v) is 13.7. The number of nitrogens with zero attached hydrogens (tertiary/aromatic N) is 4. The zero-order valence-corrected chi connectivity index (χ0v) is 20.6. The first-order chi connectivity index (χ1) is 15.4. The highest BCUT2D eigenvalue weighted by molar-refractivity contribution is 7.88. The topological polar surface area (TPSA) is 250 Å². The van der Waals surface area contributed by atoms with Crippen LogP contribution in [0.4, 0.5) is 5.82 Å². The van der Waals surface area contributed by atoms with Crippen molar-refractivity contribution in [2.45, 2.75) is 28.4 Å². The maximum Gasteiger partial charge on any atom is 0.381 e. The lowest BCUT2D eigenvalue weighted by Gasteiger charge is -2.30. The SMILES string of the molecule is [BH3-]P(=O)(OC[C@H]1O[C@@H](n2cnc3c(N)nc(Cl)nc32)[C@H](O)[C@@H]1O)OP(=O)(O)C(Cl)(Cl)P(=O)(O)O. The van der Waals surface area contributed by atoms with Gasteiger partial charge in [-0.3, -0.25) is 18.0 Å². The summed E-state index contributed by atoms with van der Waals surface area (Å²) in [5, 5.41) is 20.6. The largest absolute Gasteiger partial charge is 0.387 e. The average molecular weight is 605 g/mol. The van der Waals surface area contributed by atoms with Crippen molar-refractivity contribution in [1.29, 1.82) is 0 Å². The first-order valence-electron chi connectivity index (χ1n) is 8.30. The molecule has 0 bridgehead atoms. The molecule has 0 amide bonds. The van der Waals surface area contributed by atoms with E-state index in [0.717, 1.165) is 0 Å². The van der Waals surface area contributed by atoms with Crippen LogP contribution in [-0.4, -0.2) is 80.7 Å². The van der Waals surface area contributed by atoms with Gasteiger partial charge in [0.25, 0.3) is 0 Å². The molecule has 34 heavy (non-hydrogen) atoms. The van der Waals surface area contributed by atoms with Gasteiger partial charge in [0, 0.05) is 0 Å². The normalized spacial score (nSPS) is 27.6. The Balaban J connectivity index is 1.75. The van der Waals surface area contributed by atoms with E-state index < -0.39 is 65.2 Å². The minimum atomic E-state index is -5.59. The fourth-order valence-electron chi connectivity index (χ4n) is 2.66. The maximum atomic E-state index is 12.6. The molecule has 192 valence electrons. The smallest absolute Gasteiger partial charge is 0.381 e. The van der Waals surface area contributed by atoms with Gasteiger partial charge in [0.1, 0.15) is 23.8 Å². The zero-order valence-electron chi connectivity index (χ0n) is 15.6. The fourth-order valence-corrected chi connectivity index (χ4v) is 6.60. The second kappa shape index (κ2) is 9.51. The van der Waals surface area contributed by atoms with E-state index in [9.17, 15) is 28.8 Å². The number of halogens is 3. The number of aromatic nitrogens is 4. The van der Waals surface area contributed by atoms with E-state index in [1.54, 1.807) is 0 Å². The fraction of sp³-hybridized carbons (Fsp3) is 0.545. The van der Waals surface area contributed by atoms with Crippen molar-refractivity contribution in [3.63, 3.8) is 0 Å². The quantitative estimate of drug-likeness (QED) is 0.0973. The lowest BCUT2D eigenvalue weighted by atomic mass is 10.1. The number of hydrogen-bond donors (Lipinski definition) is 6. The van der Waals surface area contributed by atoms with Crippen LogP contribution in [0, 0.1) is 0 Å². The van der Waals surface area contributed by atoms with E-state index in [-0.39, 0.29) is 22.3 Å². The van der Waals surface area contributed by atoms with Gasteiger partial charge in [0.05, 0.1) is 20.5 Å². The van der Waals surface area contributed by atoms with Crippen molar-refractivity contribution in [2.24, 2.45) is 0 Å². The van der Waals surface area contributed by atoms with Crippen LogP contribution in [0.15, 0.2) is 6.33 Å². The van der Waals surface area contributed by atoms with Crippen molar-refractivity contribution < 1.29 is 52.2 Å². The summed E-state index contributed by atoms with van der Waals surface area (Å²) in [6.07, 6.45) is -4.58. The Morgan fingerprint density at radius 3 is 2.41 bits per heavy atom.